The average Bonchev–Trinajstić information content (AvgIpc) is 3.38. The molecule has 0 saturated heterocycles. The summed E-state index contributed by atoms with van der Waals surface area (Å²) in [4.78, 5) is 25.2. The lowest BCUT2D eigenvalue weighted by Gasteiger charge is -2.20. The highest BCUT2D eigenvalue weighted by Crippen LogP contribution is 2.29. The van der Waals surface area contributed by atoms with Gasteiger partial charge < -0.3 is 15.0 Å². The first kappa shape index (κ1) is 18.3. The average molecular weight is 382 g/mol. The Balaban J connectivity index is 1.49. The summed E-state index contributed by atoms with van der Waals surface area (Å²) in [5, 5.41) is 26.9. The Morgan fingerprint density at radius 1 is 1.36 bits per heavy atom. The summed E-state index contributed by atoms with van der Waals surface area (Å²) in [6.07, 6.45) is 2.19. The van der Waals surface area contributed by atoms with Crippen molar-refractivity contribution in [1.29, 1.82) is 0 Å². The lowest BCUT2D eigenvalue weighted by molar-refractivity contribution is -0.129. The molecule has 2 amide bonds. The van der Waals surface area contributed by atoms with Crippen LogP contribution in [0.5, 0.6) is 0 Å². The maximum absolute atomic E-state index is 12.6. The molecule has 28 heavy (non-hydrogen) atoms. The molecule has 0 unspecified atom stereocenters. The summed E-state index contributed by atoms with van der Waals surface area (Å²) in [6, 6.07) is 6.61. The van der Waals surface area contributed by atoms with Crippen molar-refractivity contribution in [3.63, 3.8) is 0 Å². The van der Waals surface area contributed by atoms with E-state index in [-0.39, 0.29) is 18.9 Å². The van der Waals surface area contributed by atoms with Crippen LogP contribution in [-0.2, 0) is 24.3 Å². The number of carbonyl (C=O) groups is 2. The van der Waals surface area contributed by atoms with Crippen molar-refractivity contribution in [3.05, 3.63) is 41.5 Å². The minimum atomic E-state index is -1.59. The van der Waals surface area contributed by atoms with Crippen molar-refractivity contribution in [2.45, 2.75) is 51.8 Å². The van der Waals surface area contributed by atoms with E-state index in [4.69, 9.17) is 0 Å². The second kappa shape index (κ2) is 6.83. The van der Waals surface area contributed by atoms with E-state index in [2.05, 4.69) is 20.6 Å². The van der Waals surface area contributed by atoms with E-state index >= 15 is 0 Å². The molecule has 0 fully saturated rings. The monoisotopic (exact) mass is 382 g/mol. The maximum atomic E-state index is 12.6. The van der Waals surface area contributed by atoms with Crippen LogP contribution in [0.3, 0.4) is 0 Å². The van der Waals surface area contributed by atoms with Gasteiger partial charge in [-0.25, -0.2) is 0 Å². The number of nitrogens with zero attached hydrogens (tertiary/aromatic N) is 5. The molecule has 2 aliphatic rings. The van der Waals surface area contributed by atoms with Crippen molar-refractivity contribution in [1.82, 2.24) is 20.1 Å². The molecule has 0 saturated carbocycles. The number of fused-ring (bicyclic) bond motifs is 1. The van der Waals surface area contributed by atoms with Crippen LogP contribution >= 0.6 is 0 Å². The number of aromatic nitrogens is 3. The molecule has 1 atom stereocenters. The third kappa shape index (κ3) is 2.88. The molecule has 1 aromatic heterocycles. The SMILES string of the molecule is CC[C@]1(O)C(=O)N(c2cccc(C(=O)NCc3nnc4n3CCC4)c2)N=C1C. The normalized spacial score (nSPS) is 21.0. The van der Waals surface area contributed by atoms with Gasteiger partial charge in [0, 0.05) is 18.5 Å². The number of benzene rings is 1. The van der Waals surface area contributed by atoms with Crippen LogP contribution in [0.15, 0.2) is 29.4 Å². The van der Waals surface area contributed by atoms with Gasteiger partial charge in [-0.2, -0.15) is 10.1 Å². The zero-order valence-corrected chi connectivity index (χ0v) is 15.8. The van der Waals surface area contributed by atoms with Crippen molar-refractivity contribution >= 4 is 23.2 Å². The topological polar surface area (TPSA) is 113 Å². The summed E-state index contributed by atoms with van der Waals surface area (Å²) >= 11 is 0. The van der Waals surface area contributed by atoms with Gasteiger partial charge in [-0.3, -0.25) is 9.59 Å². The Hall–Kier alpha value is -3.07. The molecular formula is C19H22N6O3. The van der Waals surface area contributed by atoms with Crippen LogP contribution in [-0.4, -0.2) is 43.0 Å². The molecule has 2 N–H and O–H groups in total. The number of amides is 2. The second-order valence-corrected chi connectivity index (χ2v) is 7.04. The maximum Gasteiger partial charge on any atom is 0.285 e. The van der Waals surface area contributed by atoms with E-state index in [0.717, 1.165) is 36.0 Å². The lowest BCUT2D eigenvalue weighted by atomic mass is 9.95. The smallest absolute Gasteiger partial charge is 0.285 e. The first-order valence-electron chi connectivity index (χ1n) is 9.36. The predicted molar refractivity (Wildman–Crippen MR) is 102 cm³/mol. The largest absolute Gasteiger partial charge is 0.374 e. The van der Waals surface area contributed by atoms with Gasteiger partial charge in [0.15, 0.2) is 11.4 Å². The van der Waals surface area contributed by atoms with Gasteiger partial charge in [0.1, 0.15) is 5.82 Å². The fourth-order valence-electron chi connectivity index (χ4n) is 3.57. The van der Waals surface area contributed by atoms with Gasteiger partial charge in [0.05, 0.1) is 17.9 Å². The zero-order chi connectivity index (χ0) is 19.9. The van der Waals surface area contributed by atoms with Crippen molar-refractivity contribution in [2.75, 3.05) is 5.01 Å². The van der Waals surface area contributed by atoms with Gasteiger partial charge >= 0.3 is 0 Å². The second-order valence-electron chi connectivity index (χ2n) is 7.04. The first-order chi connectivity index (χ1) is 13.4. The van der Waals surface area contributed by atoms with E-state index < -0.39 is 11.5 Å². The quantitative estimate of drug-likeness (QED) is 0.802. The molecule has 3 heterocycles. The Labute approximate surface area is 162 Å². The molecule has 146 valence electrons. The summed E-state index contributed by atoms with van der Waals surface area (Å²) in [5.41, 5.74) is -0.418. The number of hydrogen-bond donors (Lipinski definition) is 2. The molecule has 1 aromatic carbocycles. The number of rotatable bonds is 5. The highest BCUT2D eigenvalue weighted by Gasteiger charge is 2.46. The van der Waals surface area contributed by atoms with Crippen LogP contribution < -0.4 is 10.3 Å². The van der Waals surface area contributed by atoms with E-state index in [1.54, 1.807) is 38.1 Å². The van der Waals surface area contributed by atoms with Crippen LogP contribution in [0.4, 0.5) is 5.69 Å². The highest BCUT2D eigenvalue weighted by atomic mass is 16.3. The lowest BCUT2D eigenvalue weighted by Crippen LogP contribution is -2.45. The number of hydrazone groups is 1. The van der Waals surface area contributed by atoms with Crippen molar-refractivity contribution < 1.29 is 14.7 Å². The Morgan fingerprint density at radius 2 is 2.18 bits per heavy atom. The number of aryl methyl sites for hydroxylation is 1. The molecule has 2 aliphatic heterocycles. The fraction of sp³-hybridized carbons (Fsp3) is 0.421. The van der Waals surface area contributed by atoms with Crippen molar-refractivity contribution in [3.8, 4) is 0 Å². The van der Waals surface area contributed by atoms with Crippen LogP contribution in [0.25, 0.3) is 0 Å². The molecule has 0 aliphatic carbocycles. The number of anilines is 1. The number of nitrogens with one attached hydrogen (secondary N) is 1. The molecule has 9 heteroatoms. The highest BCUT2D eigenvalue weighted by molar-refractivity contribution is 6.21. The minimum Gasteiger partial charge on any atom is -0.374 e. The number of aliphatic hydroxyl groups is 1. The molecular weight excluding hydrogens is 360 g/mol. The third-order valence-corrected chi connectivity index (χ3v) is 5.35. The molecule has 0 radical (unpaired) electrons. The zero-order valence-electron chi connectivity index (χ0n) is 15.8. The number of hydrogen-bond acceptors (Lipinski definition) is 6. The molecule has 0 bridgehead atoms. The standard InChI is InChI=1S/C19H22N6O3/c1-3-19(28)12(2)23-25(18(19)27)14-7-4-6-13(10-14)17(26)20-11-16-22-21-15-8-5-9-24(15)16/h4,6-7,10,28H,3,5,8-9,11H2,1-2H3,(H,20,26)/t19-/m1/s1. The van der Waals surface area contributed by atoms with Gasteiger partial charge in [-0.15, -0.1) is 10.2 Å². The summed E-state index contributed by atoms with van der Waals surface area (Å²) < 4.78 is 2.03. The summed E-state index contributed by atoms with van der Waals surface area (Å²) in [6.45, 7) is 4.50. The molecule has 0 spiro atoms. The predicted octanol–water partition coefficient (Wildman–Crippen LogP) is 1.02. The van der Waals surface area contributed by atoms with Gasteiger partial charge in [-0.1, -0.05) is 13.0 Å². The summed E-state index contributed by atoms with van der Waals surface area (Å²) in [7, 11) is 0. The van der Waals surface area contributed by atoms with Crippen molar-refractivity contribution in [2.24, 2.45) is 5.10 Å². The van der Waals surface area contributed by atoms with Gasteiger partial charge in [0.2, 0.25) is 0 Å². The van der Waals surface area contributed by atoms with E-state index in [1.165, 1.54) is 0 Å². The van der Waals surface area contributed by atoms with E-state index in [0.29, 0.717) is 17.0 Å². The first-order valence-corrected chi connectivity index (χ1v) is 9.36. The Bertz CT molecular complexity index is 982. The Kier molecular flexibility index (Phi) is 4.46. The molecule has 2 aromatic rings. The van der Waals surface area contributed by atoms with Gasteiger partial charge in [0.25, 0.3) is 11.8 Å². The number of carbonyl (C=O) groups excluding carboxylic acids is 2. The molecule has 9 nitrogen and oxygen atoms in total. The van der Waals surface area contributed by atoms with Crippen LogP contribution in [0.2, 0.25) is 0 Å². The van der Waals surface area contributed by atoms with E-state index in [9.17, 15) is 14.7 Å². The van der Waals surface area contributed by atoms with Gasteiger partial charge in [-0.05, 0) is 38.0 Å². The Morgan fingerprint density at radius 3 is 2.93 bits per heavy atom. The molecule has 4 rings (SSSR count). The van der Waals surface area contributed by atoms with Crippen LogP contribution in [0.1, 0.15) is 48.7 Å². The fourth-order valence-corrected chi connectivity index (χ4v) is 3.57. The summed E-state index contributed by atoms with van der Waals surface area (Å²) in [5.74, 6) is 0.898. The third-order valence-electron chi connectivity index (χ3n) is 5.35. The van der Waals surface area contributed by atoms with Crippen LogP contribution in [0, 0.1) is 0 Å². The minimum absolute atomic E-state index is 0.237. The van der Waals surface area contributed by atoms with E-state index in [1.807, 2.05) is 4.57 Å².